The number of pyridine rings is 1. The largest absolute Gasteiger partial charge is 0.478 e. The Morgan fingerprint density at radius 1 is 1.32 bits per heavy atom. The molecule has 6 heteroatoms. The second-order valence-electron chi connectivity index (χ2n) is 6.16. The van der Waals surface area contributed by atoms with Crippen LogP contribution in [0.4, 0.5) is 0 Å². The lowest BCUT2D eigenvalue weighted by Crippen LogP contribution is -2.32. The minimum atomic E-state index is -0.940. The lowest BCUT2D eigenvalue weighted by Gasteiger charge is -2.17. The highest BCUT2D eigenvalue weighted by molar-refractivity contribution is 6.02. The van der Waals surface area contributed by atoms with Gasteiger partial charge in [0.25, 0.3) is 0 Å². The number of benzene rings is 1. The zero-order valence-electron chi connectivity index (χ0n) is 13.9. The van der Waals surface area contributed by atoms with E-state index >= 15 is 0 Å². The monoisotopic (exact) mass is 339 g/mol. The van der Waals surface area contributed by atoms with Crippen molar-refractivity contribution in [1.82, 2.24) is 15.3 Å². The molecule has 4 N–H and O–H groups in total. The molecule has 0 bridgehead atoms. The normalized spacial score (nSPS) is 13.7. The molecule has 0 spiro atoms. The topological polar surface area (TPSA) is 98.2 Å². The first-order chi connectivity index (χ1) is 12.1. The van der Waals surface area contributed by atoms with Crippen LogP contribution in [0.2, 0.25) is 0 Å². The van der Waals surface area contributed by atoms with E-state index in [1.54, 1.807) is 30.6 Å². The van der Waals surface area contributed by atoms with Gasteiger partial charge in [0.1, 0.15) is 0 Å². The van der Waals surface area contributed by atoms with Crippen LogP contribution in [-0.4, -0.2) is 38.7 Å². The van der Waals surface area contributed by atoms with Crippen LogP contribution in [0.3, 0.4) is 0 Å². The molecule has 6 nitrogen and oxygen atoms in total. The van der Waals surface area contributed by atoms with Crippen LogP contribution in [0.25, 0.3) is 10.9 Å². The molecule has 2 heterocycles. The number of aromatic nitrogens is 2. The highest BCUT2D eigenvalue weighted by Gasteiger charge is 2.15. The van der Waals surface area contributed by atoms with Gasteiger partial charge in [0, 0.05) is 42.1 Å². The van der Waals surface area contributed by atoms with E-state index in [4.69, 9.17) is 0 Å². The van der Waals surface area contributed by atoms with Gasteiger partial charge in [-0.3, -0.25) is 4.98 Å². The van der Waals surface area contributed by atoms with Crippen molar-refractivity contribution < 1.29 is 15.0 Å². The molecule has 3 rings (SSSR count). The molecule has 0 fully saturated rings. The Bertz CT molecular complexity index is 861. The van der Waals surface area contributed by atoms with E-state index in [2.05, 4.69) is 15.3 Å². The van der Waals surface area contributed by atoms with Crippen LogP contribution in [0.15, 0.2) is 48.9 Å². The molecule has 2 aromatic heterocycles. The van der Waals surface area contributed by atoms with E-state index in [0.717, 1.165) is 22.9 Å². The second-order valence-corrected chi connectivity index (χ2v) is 6.16. The number of rotatable bonds is 7. The van der Waals surface area contributed by atoms with Crippen molar-refractivity contribution in [3.05, 3.63) is 65.6 Å². The number of aromatic carboxylic acids is 1. The predicted octanol–water partition coefficient (Wildman–Crippen LogP) is 2.52. The van der Waals surface area contributed by atoms with Crippen LogP contribution < -0.4 is 5.32 Å². The third kappa shape index (κ3) is 3.87. The number of fused-ring (bicyclic) bond motifs is 1. The Kier molecular flexibility index (Phi) is 5.11. The Morgan fingerprint density at radius 2 is 2.16 bits per heavy atom. The number of H-pyrrole nitrogens is 1. The number of hydrogen-bond donors (Lipinski definition) is 4. The van der Waals surface area contributed by atoms with Crippen molar-refractivity contribution >= 4 is 16.9 Å². The van der Waals surface area contributed by atoms with Gasteiger partial charge in [0.2, 0.25) is 0 Å². The zero-order valence-corrected chi connectivity index (χ0v) is 13.9. The van der Waals surface area contributed by atoms with E-state index in [0.29, 0.717) is 12.1 Å². The summed E-state index contributed by atoms with van der Waals surface area (Å²) in [5.74, 6) is -0.940. The SMILES string of the molecule is C[C@H](Cc1c[nH]c2c(C(=O)O)cccc12)NC[C@@H](O)c1cccnc1. The Morgan fingerprint density at radius 3 is 2.88 bits per heavy atom. The maximum absolute atomic E-state index is 11.3. The fourth-order valence-corrected chi connectivity index (χ4v) is 2.97. The molecule has 2 atom stereocenters. The van der Waals surface area contributed by atoms with Crippen molar-refractivity contribution in [2.24, 2.45) is 0 Å². The summed E-state index contributed by atoms with van der Waals surface area (Å²) in [6.07, 6.45) is 5.30. The van der Waals surface area contributed by atoms with Gasteiger partial charge in [-0.25, -0.2) is 4.79 Å². The van der Waals surface area contributed by atoms with Gasteiger partial charge in [-0.1, -0.05) is 18.2 Å². The Balaban J connectivity index is 1.65. The number of nitrogens with one attached hydrogen (secondary N) is 2. The molecule has 0 amide bonds. The van der Waals surface area contributed by atoms with E-state index in [-0.39, 0.29) is 11.6 Å². The summed E-state index contributed by atoms with van der Waals surface area (Å²) in [5, 5.41) is 23.7. The number of aliphatic hydroxyl groups is 1. The molecular formula is C19H21N3O3. The molecule has 0 aliphatic rings. The summed E-state index contributed by atoms with van der Waals surface area (Å²) >= 11 is 0. The van der Waals surface area contributed by atoms with E-state index in [1.165, 1.54) is 0 Å². The van der Waals surface area contributed by atoms with E-state index in [1.807, 2.05) is 25.3 Å². The summed E-state index contributed by atoms with van der Waals surface area (Å²) in [4.78, 5) is 18.4. The average molecular weight is 339 g/mol. The molecule has 25 heavy (non-hydrogen) atoms. The summed E-state index contributed by atoms with van der Waals surface area (Å²) in [6, 6.07) is 9.04. The minimum absolute atomic E-state index is 0.124. The van der Waals surface area contributed by atoms with Crippen molar-refractivity contribution in [3.63, 3.8) is 0 Å². The van der Waals surface area contributed by atoms with Crippen LogP contribution in [-0.2, 0) is 6.42 Å². The highest BCUT2D eigenvalue weighted by Crippen LogP contribution is 2.23. The van der Waals surface area contributed by atoms with Crippen LogP contribution in [0.1, 0.15) is 34.5 Å². The Hall–Kier alpha value is -2.70. The third-order valence-electron chi connectivity index (χ3n) is 4.29. The number of aromatic amines is 1. The first-order valence-electron chi connectivity index (χ1n) is 8.20. The summed E-state index contributed by atoms with van der Waals surface area (Å²) in [7, 11) is 0. The van der Waals surface area contributed by atoms with E-state index < -0.39 is 12.1 Å². The number of para-hydroxylation sites is 1. The molecule has 0 saturated heterocycles. The van der Waals surface area contributed by atoms with Gasteiger partial charge in [0.05, 0.1) is 17.2 Å². The number of carboxylic acids is 1. The standard InChI is InChI=1S/C19H21N3O3/c1-12(21-11-17(23)13-4-3-7-20-9-13)8-14-10-22-18-15(14)5-2-6-16(18)19(24)25/h2-7,9-10,12,17,21-23H,8,11H2,1H3,(H,24,25)/t12-,17-/m1/s1. The van der Waals surface area contributed by atoms with Gasteiger partial charge in [-0.2, -0.15) is 0 Å². The van der Waals surface area contributed by atoms with Gasteiger partial charge < -0.3 is 20.5 Å². The molecule has 3 aromatic rings. The molecule has 1 aromatic carbocycles. The number of hydrogen-bond acceptors (Lipinski definition) is 4. The van der Waals surface area contributed by atoms with Crippen molar-refractivity contribution in [1.29, 1.82) is 0 Å². The van der Waals surface area contributed by atoms with Crippen LogP contribution in [0, 0.1) is 0 Å². The first kappa shape index (κ1) is 17.1. The average Bonchev–Trinajstić information content (AvgIpc) is 3.03. The number of carboxylic acid groups (broad SMARTS) is 1. The Labute approximate surface area is 145 Å². The molecule has 0 aliphatic carbocycles. The third-order valence-corrected chi connectivity index (χ3v) is 4.29. The van der Waals surface area contributed by atoms with Crippen LogP contribution in [0.5, 0.6) is 0 Å². The number of aliphatic hydroxyl groups excluding tert-OH is 1. The fourth-order valence-electron chi connectivity index (χ4n) is 2.97. The van der Waals surface area contributed by atoms with Gasteiger partial charge >= 0.3 is 5.97 Å². The molecular weight excluding hydrogens is 318 g/mol. The summed E-state index contributed by atoms with van der Waals surface area (Å²) in [6.45, 7) is 2.46. The van der Waals surface area contributed by atoms with Crippen molar-refractivity contribution in [2.45, 2.75) is 25.5 Å². The van der Waals surface area contributed by atoms with Crippen molar-refractivity contribution in [2.75, 3.05) is 6.54 Å². The fraction of sp³-hybridized carbons (Fsp3) is 0.263. The smallest absolute Gasteiger partial charge is 0.337 e. The zero-order chi connectivity index (χ0) is 17.8. The minimum Gasteiger partial charge on any atom is -0.478 e. The molecule has 130 valence electrons. The van der Waals surface area contributed by atoms with Crippen molar-refractivity contribution in [3.8, 4) is 0 Å². The summed E-state index contributed by atoms with van der Waals surface area (Å²) < 4.78 is 0. The molecule has 0 unspecified atom stereocenters. The molecule has 0 saturated carbocycles. The number of nitrogens with zero attached hydrogens (tertiary/aromatic N) is 1. The summed E-state index contributed by atoms with van der Waals surface area (Å²) in [5.41, 5.74) is 2.75. The molecule has 0 aliphatic heterocycles. The quantitative estimate of drug-likeness (QED) is 0.530. The van der Waals surface area contributed by atoms with E-state index in [9.17, 15) is 15.0 Å². The molecule has 0 radical (unpaired) electrons. The first-order valence-corrected chi connectivity index (χ1v) is 8.20. The van der Waals surface area contributed by atoms with Gasteiger partial charge in [0.15, 0.2) is 0 Å². The highest BCUT2D eigenvalue weighted by atomic mass is 16.4. The van der Waals surface area contributed by atoms with Crippen LogP contribution >= 0.6 is 0 Å². The van der Waals surface area contributed by atoms with Gasteiger partial charge in [-0.15, -0.1) is 0 Å². The van der Waals surface area contributed by atoms with Gasteiger partial charge in [-0.05, 0) is 31.0 Å². The lowest BCUT2D eigenvalue weighted by molar-refractivity contribution is 0.0699. The maximum Gasteiger partial charge on any atom is 0.337 e. The predicted molar refractivity (Wildman–Crippen MR) is 95.6 cm³/mol. The second kappa shape index (κ2) is 7.46. The lowest BCUT2D eigenvalue weighted by atomic mass is 10.0. The maximum atomic E-state index is 11.3. The number of carbonyl (C=O) groups is 1.